The Kier molecular flexibility index (Phi) is 12.0. The smallest absolute Gasteiger partial charge is 0.303 e. The lowest BCUT2D eigenvalue weighted by Crippen LogP contribution is -2.13. The van der Waals surface area contributed by atoms with Gasteiger partial charge in [-0.2, -0.15) is 0 Å². The summed E-state index contributed by atoms with van der Waals surface area (Å²) in [4.78, 5) is 43.7. The molecule has 0 saturated carbocycles. The molecule has 0 amide bonds. The molecule has 0 spiro atoms. The summed E-state index contributed by atoms with van der Waals surface area (Å²) in [5.41, 5.74) is 0. The first-order valence-electron chi connectivity index (χ1n) is 7.93. The van der Waals surface area contributed by atoms with E-state index in [4.69, 9.17) is 10.2 Å². The molecule has 0 aliphatic rings. The molecular formula is C16H26O6. The molecule has 126 valence electrons. The van der Waals surface area contributed by atoms with E-state index < -0.39 is 11.9 Å². The number of carboxylic acid groups (broad SMARTS) is 2. The predicted octanol–water partition coefficient (Wildman–Crippen LogP) is 2.98. The summed E-state index contributed by atoms with van der Waals surface area (Å²) in [5, 5.41) is 16.9. The number of carbonyl (C=O) groups is 4. The van der Waals surface area contributed by atoms with E-state index in [1.807, 2.05) is 0 Å². The fourth-order valence-electron chi connectivity index (χ4n) is 2.11. The standard InChI is InChI=1S/C16H26O6/c17-13(9-5-2-1-3-7-11-15(19)20)14(18)10-6-4-8-12-16(21)22/h1-12H2,(H,19,20)(H,21,22). The molecule has 0 atom stereocenters. The summed E-state index contributed by atoms with van der Waals surface area (Å²) in [5.74, 6) is -2.33. The Morgan fingerprint density at radius 1 is 0.455 bits per heavy atom. The van der Waals surface area contributed by atoms with E-state index in [1.54, 1.807) is 0 Å². The molecule has 22 heavy (non-hydrogen) atoms. The van der Waals surface area contributed by atoms with Gasteiger partial charge in [0.2, 0.25) is 0 Å². The quantitative estimate of drug-likeness (QED) is 0.355. The third-order valence-electron chi connectivity index (χ3n) is 3.40. The minimum Gasteiger partial charge on any atom is -0.481 e. The van der Waals surface area contributed by atoms with Crippen molar-refractivity contribution in [3.8, 4) is 0 Å². The molecular weight excluding hydrogens is 288 g/mol. The normalized spacial score (nSPS) is 10.4. The highest BCUT2D eigenvalue weighted by Crippen LogP contribution is 2.09. The Balaban J connectivity index is 3.48. The van der Waals surface area contributed by atoms with Gasteiger partial charge in [-0.05, 0) is 25.7 Å². The van der Waals surface area contributed by atoms with Crippen LogP contribution in [0.15, 0.2) is 0 Å². The van der Waals surface area contributed by atoms with Crippen molar-refractivity contribution in [3.05, 3.63) is 0 Å². The maximum Gasteiger partial charge on any atom is 0.303 e. The topological polar surface area (TPSA) is 109 Å². The Hall–Kier alpha value is -1.72. The molecule has 6 heteroatoms. The van der Waals surface area contributed by atoms with Crippen molar-refractivity contribution in [2.45, 2.75) is 77.0 Å². The van der Waals surface area contributed by atoms with E-state index in [2.05, 4.69) is 0 Å². The maximum atomic E-state index is 11.6. The van der Waals surface area contributed by atoms with Crippen LogP contribution < -0.4 is 0 Å². The number of ketones is 2. The Labute approximate surface area is 130 Å². The first-order valence-corrected chi connectivity index (χ1v) is 7.93. The number of hydrogen-bond acceptors (Lipinski definition) is 4. The van der Waals surface area contributed by atoms with E-state index in [-0.39, 0.29) is 37.2 Å². The van der Waals surface area contributed by atoms with Gasteiger partial charge in [0.15, 0.2) is 11.6 Å². The Morgan fingerprint density at radius 2 is 0.727 bits per heavy atom. The van der Waals surface area contributed by atoms with Crippen molar-refractivity contribution < 1.29 is 29.4 Å². The molecule has 0 fully saturated rings. The van der Waals surface area contributed by atoms with Crippen molar-refractivity contribution in [1.29, 1.82) is 0 Å². The van der Waals surface area contributed by atoms with Crippen LogP contribution in [0.2, 0.25) is 0 Å². The molecule has 0 aromatic rings. The summed E-state index contributed by atoms with van der Waals surface area (Å²) >= 11 is 0. The van der Waals surface area contributed by atoms with E-state index in [1.165, 1.54) is 0 Å². The summed E-state index contributed by atoms with van der Waals surface area (Å²) < 4.78 is 0. The van der Waals surface area contributed by atoms with Crippen LogP contribution in [0.1, 0.15) is 77.0 Å². The van der Waals surface area contributed by atoms with Crippen LogP contribution in [0.5, 0.6) is 0 Å². The van der Waals surface area contributed by atoms with Gasteiger partial charge in [0, 0.05) is 25.7 Å². The summed E-state index contributed by atoms with van der Waals surface area (Å²) in [7, 11) is 0. The minimum absolute atomic E-state index is 0.101. The summed E-state index contributed by atoms with van der Waals surface area (Å²) in [6.45, 7) is 0. The lowest BCUT2D eigenvalue weighted by atomic mass is 10.0. The summed E-state index contributed by atoms with van der Waals surface area (Å²) in [6, 6.07) is 0. The monoisotopic (exact) mass is 314 g/mol. The second kappa shape index (κ2) is 13.0. The molecule has 0 heterocycles. The Morgan fingerprint density at radius 3 is 1.09 bits per heavy atom. The predicted molar refractivity (Wildman–Crippen MR) is 80.7 cm³/mol. The number of carbonyl (C=O) groups excluding carboxylic acids is 2. The average molecular weight is 314 g/mol. The van der Waals surface area contributed by atoms with Gasteiger partial charge in [-0.1, -0.05) is 25.7 Å². The number of Topliss-reactive ketones (excluding diaryl/α,β-unsaturated/α-hetero) is 2. The molecule has 0 aromatic heterocycles. The van der Waals surface area contributed by atoms with Crippen molar-refractivity contribution in [2.75, 3.05) is 0 Å². The SMILES string of the molecule is O=C(O)CCCCCCCC(=O)C(=O)CCCCCC(=O)O. The molecule has 6 nitrogen and oxygen atoms in total. The molecule has 0 rings (SSSR count). The van der Waals surface area contributed by atoms with Crippen LogP contribution in [0, 0.1) is 0 Å². The zero-order chi connectivity index (χ0) is 16.8. The fourth-order valence-corrected chi connectivity index (χ4v) is 2.11. The second-order valence-corrected chi connectivity index (χ2v) is 5.46. The first-order chi connectivity index (χ1) is 10.4. The van der Waals surface area contributed by atoms with Crippen molar-refractivity contribution in [3.63, 3.8) is 0 Å². The molecule has 0 aliphatic heterocycles. The number of aliphatic carboxylic acids is 2. The van der Waals surface area contributed by atoms with E-state index >= 15 is 0 Å². The lowest BCUT2D eigenvalue weighted by molar-refractivity contribution is -0.138. The van der Waals surface area contributed by atoms with Crippen molar-refractivity contribution in [2.24, 2.45) is 0 Å². The largest absolute Gasteiger partial charge is 0.481 e. The van der Waals surface area contributed by atoms with Gasteiger partial charge < -0.3 is 10.2 Å². The van der Waals surface area contributed by atoms with Gasteiger partial charge in [-0.3, -0.25) is 19.2 Å². The molecule has 0 aromatic carbocycles. The van der Waals surface area contributed by atoms with Crippen molar-refractivity contribution >= 4 is 23.5 Å². The third kappa shape index (κ3) is 13.3. The van der Waals surface area contributed by atoms with Gasteiger partial charge in [0.05, 0.1) is 0 Å². The minimum atomic E-state index is -0.842. The van der Waals surface area contributed by atoms with Gasteiger partial charge in [-0.25, -0.2) is 0 Å². The second-order valence-electron chi connectivity index (χ2n) is 5.46. The zero-order valence-electron chi connectivity index (χ0n) is 13.0. The molecule has 0 radical (unpaired) electrons. The van der Waals surface area contributed by atoms with Crippen molar-refractivity contribution in [1.82, 2.24) is 0 Å². The maximum absolute atomic E-state index is 11.6. The van der Waals surface area contributed by atoms with Gasteiger partial charge >= 0.3 is 11.9 Å². The van der Waals surface area contributed by atoms with E-state index in [0.29, 0.717) is 32.1 Å². The molecule has 0 unspecified atom stereocenters. The lowest BCUT2D eigenvalue weighted by Gasteiger charge is -2.02. The Bertz CT molecular complexity index is 375. The fraction of sp³-hybridized carbons (Fsp3) is 0.750. The first kappa shape index (κ1) is 20.3. The highest BCUT2D eigenvalue weighted by Gasteiger charge is 2.12. The summed E-state index contributed by atoms with van der Waals surface area (Å²) in [6.07, 6.45) is 6.34. The van der Waals surface area contributed by atoms with Crippen LogP contribution in [0.4, 0.5) is 0 Å². The molecule has 0 aliphatic carbocycles. The van der Waals surface area contributed by atoms with Crippen LogP contribution in [-0.4, -0.2) is 33.7 Å². The van der Waals surface area contributed by atoms with E-state index in [0.717, 1.165) is 19.3 Å². The number of carboxylic acids is 2. The highest BCUT2D eigenvalue weighted by molar-refractivity contribution is 6.37. The number of rotatable bonds is 15. The van der Waals surface area contributed by atoms with Crippen LogP contribution >= 0.6 is 0 Å². The number of unbranched alkanes of at least 4 members (excludes halogenated alkanes) is 6. The van der Waals surface area contributed by atoms with Crippen LogP contribution in [0.25, 0.3) is 0 Å². The van der Waals surface area contributed by atoms with Gasteiger partial charge in [0.25, 0.3) is 0 Å². The van der Waals surface area contributed by atoms with Gasteiger partial charge in [0.1, 0.15) is 0 Å². The molecule has 0 saturated heterocycles. The highest BCUT2D eigenvalue weighted by atomic mass is 16.4. The van der Waals surface area contributed by atoms with Crippen LogP contribution in [0.3, 0.4) is 0 Å². The van der Waals surface area contributed by atoms with Crippen LogP contribution in [-0.2, 0) is 19.2 Å². The average Bonchev–Trinajstić information content (AvgIpc) is 2.44. The third-order valence-corrected chi connectivity index (χ3v) is 3.40. The zero-order valence-corrected chi connectivity index (χ0v) is 13.0. The van der Waals surface area contributed by atoms with Gasteiger partial charge in [-0.15, -0.1) is 0 Å². The number of hydrogen-bond donors (Lipinski definition) is 2. The molecule has 2 N–H and O–H groups in total. The van der Waals surface area contributed by atoms with E-state index in [9.17, 15) is 19.2 Å². The molecule has 0 bridgehead atoms.